The Balaban J connectivity index is 2.13. The molecule has 0 bridgehead atoms. The van der Waals surface area contributed by atoms with Gasteiger partial charge in [0.2, 0.25) is 0 Å². The third-order valence-corrected chi connectivity index (χ3v) is 2.91. The predicted molar refractivity (Wildman–Crippen MR) is 69.8 cm³/mol. The van der Waals surface area contributed by atoms with E-state index in [1.165, 1.54) is 0 Å². The first-order valence-corrected chi connectivity index (χ1v) is 5.65. The fraction of sp³-hybridized carbons (Fsp3) is 0. The van der Waals surface area contributed by atoms with Gasteiger partial charge >= 0.3 is 0 Å². The first-order valence-electron chi connectivity index (χ1n) is 5.65. The van der Waals surface area contributed by atoms with E-state index in [1.807, 2.05) is 24.3 Å². The van der Waals surface area contributed by atoms with E-state index in [4.69, 9.17) is 0 Å². The maximum atomic E-state index is 12.3. The van der Waals surface area contributed by atoms with Crippen LogP contribution in [0.3, 0.4) is 0 Å². The Morgan fingerprint density at radius 1 is 1.00 bits per heavy atom. The molecule has 0 radical (unpaired) electrons. The highest BCUT2D eigenvalue weighted by molar-refractivity contribution is 6.02. The van der Waals surface area contributed by atoms with Crippen molar-refractivity contribution in [2.75, 3.05) is 0 Å². The van der Waals surface area contributed by atoms with Crippen LogP contribution in [0.2, 0.25) is 0 Å². The van der Waals surface area contributed by atoms with E-state index in [9.17, 15) is 9.90 Å². The molecule has 0 saturated heterocycles. The fourth-order valence-corrected chi connectivity index (χ4v) is 2.03. The molecule has 18 heavy (non-hydrogen) atoms. The van der Waals surface area contributed by atoms with Crippen molar-refractivity contribution in [1.29, 1.82) is 0 Å². The van der Waals surface area contributed by atoms with Crippen LogP contribution in [0, 0.1) is 0 Å². The number of hydrogen-bond acceptors (Lipinski definition) is 2. The molecular formula is C15H11NO2. The zero-order valence-electron chi connectivity index (χ0n) is 9.58. The topological polar surface area (TPSA) is 42.2 Å². The standard InChI is InChI=1S/C15H11NO2/c17-13-6-7-14-12(10-13)8-9-16(14)15(18)11-4-2-1-3-5-11/h1-10,17H. The molecule has 1 N–H and O–H groups in total. The summed E-state index contributed by atoms with van der Waals surface area (Å²) in [4.78, 5) is 12.3. The van der Waals surface area contributed by atoms with Gasteiger partial charge in [0.25, 0.3) is 5.91 Å². The van der Waals surface area contributed by atoms with Crippen LogP contribution in [-0.2, 0) is 0 Å². The van der Waals surface area contributed by atoms with Crippen molar-refractivity contribution in [3.8, 4) is 5.75 Å². The number of fused-ring (bicyclic) bond motifs is 1. The van der Waals surface area contributed by atoms with Crippen molar-refractivity contribution in [3.05, 3.63) is 66.4 Å². The maximum absolute atomic E-state index is 12.3. The molecule has 0 spiro atoms. The fourth-order valence-electron chi connectivity index (χ4n) is 2.03. The monoisotopic (exact) mass is 237 g/mol. The average molecular weight is 237 g/mol. The number of aromatic hydroxyl groups is 1. The Labute approximate surface area is 104 Å². The molecule has 0 amide bonds. The summed E-state index contributed by atoms with van der Waals surface area (Å²) in [5.41, 5.74) is 1.43. The maximum Gasteiger partial charge on any atom is 0.262 e. The van der Waals surface area contributed by atoms with Crippen molar-refractivity contribution >= 4 is 16.8 Å². The Bertz CT molecular complexity index is 714. The predicted octanol–water partition coefficient (Wildman–Crippen LogP) is 3.04. The van der Waals surface area contributed by atoms with Gasteiger partial charge in [-0.25, -0.2) is 0 Å². The summed E-state index contributed by atoms with van der Waals surface area (Å²) in [6.45, 7) is 0. The zero-order valence-corrected chi connectivity index (χ0v) is 9.58. The van der Waals surface area contributed by atoms with Crippen LogP contribution in [-0.4, -0.2) is 15.6 Å². The Morgan fingerprint density at radius 3 is 2.56 bits per heavy atom. The van der Waals surface area contributed by atoms with Gasteiger partial charge in [-0.05, 0) is 36.4 Å². The summed E-state index contributed by atoms with van der Waals surface area (Å²) in [7, 11) is 0. The number of benzene rings is 2. The minimum absolute atomic E-state index is 0.0729. The molecule has 3 nitrogen and oxygen atoms in total. The number of nitrogens with zero attached hydrogens (tertiary/aromatic N) is 1. The lowest BCUT2D eigenvalue weighted by Gasteiger charge is -2.04. The molecule has 2 aromatic carbocycles. The van der Waals surface area contributed by atoms with Gasteiger partial charge < -0.3 is 5.11 Å². The quantitative estimate of drug-likeness (QED) is 0.706. The van der Waals surface area contributed by atoms with Crippen molar-refractivity contribution in [1.82, 2.24) is 4.57 Å². The summed E-state index contributed by atoms with van der Waals surface area (Å²) >= 11 is 0. The molecule has 0 atom stereocenters. The molecule has 0 aliphatic rings. The number of phenols is 1. The molecule has 1 aromatic heterocycles. The largest absolute Gasteiger partial charge is 0.508 e. The number of phenolic OH excluding ortho intramolecular Hbond substituents is 1. The van der Waals surface area contributed by atoms with Crippen LogP contribution in [0.15, 0.2) is 60.8 Å². The average Bonchev–Trinajstić information content (AvgIpc) is 2.81. The second-order valence-corrected chi connectivity index (χ2v) is 4.10. The van der Waals surface area contributed by atoms with Gasteiger partial charge in [0.05, 0.1) is 5.52 Å². The number of aromatic nitrogens is 1. The highest BCUT2D eigenvalue weighted by atomic mass is 16.3. The summed E-state index contributed by atoms with van der Waals surface area (Å²) < 4.78 is 1.59. The van der Waals surface area contributed by atoms with Crippen molar-refractivity contribution in [3.63, 3.8) is 0 Å². The normalized spacial score (nSPS) is 10.7. The van der Waals surface area contributed by atoms with Gasteiger partial charge in [0.1, 0.15) is 5.75 Å². The first kappa shape index (κ1) is 10.6. The smallest absolute Gasteiger partial charge is 0.262 e. The molecule has 0 aliphatic carbocycles. The lowest BCUT2D eigenvalue weighted by atomic mass is 10.2. The third kappa shape index (κ3) is 1.66. The molecule has 0 aliphatic heterocycles. The molecular weight excluding hydrogens is 226 g/mol. The molecule has 1 heterocycles. The summed E-state index contributed by atoms with van der Waals surface area (Å²) in [6.07, 6.45) is 1.72. The number of rotatable bonds is 1. The van der Waals surface area contributed by atoms with Crippen molar-refractivity contribution in [2.24, 2.45) is 0 Å². The van der Waals surface area contributed by atoms with E-state index in [2.05, 4.69) is 0 Å². The zero-order chi connectivity index (χ0) is 12.5. The second-order valence-electron chi connectivity index (χ2n) is 4.10. The Kier molecular flexibility index (Phi) is 2.38. The number of hydrogen-bond donors (Lipinski definition) is 1. The van der Waals surface area contributed by atoms with E-state index in [0.717, 1.165) is 10.9 Å². The van der Waals surface area contributed by atoms with E-state index in [1.54, 1.807) is 41.1 Å². The molecule has 3 aromatic rings. The highest BCUT2D eigenvalue weighted by Gasteiger charge is 2.10. The van der Waals surface area contributed by atoms with Gasteiger partial charge in [-0.2, -0.15) is 0 Å². The van der Waals surface area contributed by atoms with Gasteiger partial charge in [-0.15, -0.1) is 0 Å². The molecule has 3 heteroatoms. The number of carbonyl (C=O) groups is 1. The van der Waals surface area contributed by atoms with Gasteiger partial charge in [0.15, 0.2) is 0 Å². The van der Waals surface area contributed by atoms with Gasteiger partial charge in [-0.3, -0.25) is 9.36 Å². The van der Waals surface area contributed by atoms with Crippen LogP contribution in [0.5, 0.6) is 5.75 Å². The van der Waals surface area contributed by atoms with E-state index in [0.29, 0.717) is 5.56 Å². The van der Waals surface area contributed by atoms with Gasteiger partial charge in [0, 0.05) is 17.1 Å². The third-order valence-electron chi connectivity index (χ3n) is 2.91. The molecule has 0 unspecified atom stereocenters. The minimum Gasteiger partial charge on any atom is -0.508 e. The van der Waals surface area contributed by atoms with Crippen molar-refractivity contribution < 1.29 is 9.90 Å². The van der Waals surface area contributed by atoms with Crippen LogP contribution in [0.4, 0.5) is 0 Å². The molecule has 3 rings (SSSR count). The first-order chi connectivity index (χ1) is 8.75. The van der Waals surface area contributed by atoms with E-state index < -0.39 is 0 Å². The molecule has 0 saturated carbocycles. The van der Waals surface area contributed by atoms with Crippen LogP contribution < -0.4 is 0 Å². The van der Waals surface area contributed by atoms with Crippen molar-refractivity contribution in [2.45, 2.75) is 0 Å². The second kappa shape index (κ2) is 4.04. The minimum atomic E-state index is -0.0729. The summed E-state index contributed by atoms with van der Waals surface area (Å²) in [5.74, 6) is 0.128. The molecule has 88 valence electrons. The molecule has 0 fully saturated rings. The summed E-state index contributed by atoms with van der Waals surface area (Å²) in [5, 5.41) is 10.2. The Hall–Kier alpha value is -2.55. The van der Waals surface area contributed by atoms with Crippen LogP contribution >= 0.6 is 0 Å². The van der Waals surface area contributed by atoms with Crippen LogP contribution in [0.25, 0.3) is 10.9 Å². The lowest BCUT2D eigenvalue weighted by molar-refractivity contribution is 0.0965. The Morgan fingerprint density at radius 2 is 1.78 bits per heavy atom. The van der Waals surface area contributed by atoms with E-state index >= 15 is 0 Å². The SMILES string of the molecule is O=C(c1ccccc1)n1ccc2cc(O)ccc21. The number of carbonyl (C=O) groups excluding carboxylic acids is 1. The van der Waals surface area contributed by atoms with Gasteiger partial charge in [-0.1, -0.05) is 18.2 Å². The lowest BCUT2D eigenvalue weighted by Crippen LogP contribution is -2.10. The highest BCUT2D eigenvalue weighted by Crippen LogP contribution is 2.21. The van der Waals surface area contributed by atoms with E-state index in [-0.39, 0.29) is 11.7 Å². The van der Waals surface area contributed by atoms with Crippen LogP contribution in [0.1, 0.15) is 10.4 Å². The summed E-state index contributed by atoms with van der Waals surface area (Å²) in [6, 6.07) is 15.9.